The van der Waals surface area contributed by atoms with E-state index in [2.05, 4.69) is 4.98 Å². The first-order valence-corrected chi connectivity index (χ1v) is 7.65. The van der Waals surface area contributed by atoms with Crippen LogP contribution in [0.4, 0.5) is 11.4 Å². The smallest absolute Gasteiger partial charge is 0.270 e. The molecule has 0 fully saturated rings. The number of fused-ring (bicyclic) bond motifs is 3. The number of hydrogen-bond acceptors (Lipinski definition) is 6. The van der Waals surface area contributed by atoms with Crippen LogP contribution < -0.4 is 0 Å². The Morgan fingerprint density at radius 1 is 1.00 bits per heavy atom. The molecule has 0 atom stereocenters. The third-order valence-corrected chi connectivity index (χ3v) is 4.66. The fraction of sp³-hybridized carbons (Fsp3) is 0. The molecule has 2 heterocycles. The van der Waals surface area contributed by atoms with Crippen LogP contribution >= 0.6 is 11.3 Å². The van der Waals surface area contributed by atoms with Gasteiger partial charge in [-0.3, -0.25) is 24.6 Å². The van der Waals surface area contributed by atoms with Gasteiger partial charge in [-0.2, -0.15) is 0 Å². The molecule has 8 nitrogen and oxygen atoms in total. The summed E-state index contributed by atoms with van der Waals surface area (Å²) in [6, 6.07) is 10.9. The van der Waals surface area contributed by atoms with Crippen LogP contribution in [0.3, 0.4) is 0 Å². The first kappa shape index (κ1) is 14.3. The Labute approximate surface area is 137 Å². The zero-order valence-electron chi connectivity index (χ0n) is 11.9. The van der Waals surface area contributed by atoms with E-state index >= 15 is 0 Å². The molecule has 4 aromatic rings. The molecule has 0 radical (unpaired) electrons. The summed E-state index contributed by atoms with van der Waals surface area (Å²) in [5.74, 6) is 0. The predicted molar refractivity (Wildman–Crippen MR) is 89.3 cm³/mol. The molecule has 0 saturated carbocycles. The van der Waals surface area contributed by atoms with Crippen molar-refractivity contribution in [1.29, 1.82) is 0 Å². The summed E-state index contributed by atoms with van der Waals surface area (Å²) in [5.41, 5.74) is 2.11. The Kier molecular flexibility index (Phi) is 3.03. The van der Waals surface area contributed by atoms with Crippen molar-refractivity contribution < 1.29 is 9.85 Å². The predicted octanol–water partition coefficient (Wildman–Crippen LogP) is 4.03. The number of hydrogen-bond donors (Lipinski definition) is 0. The van der Waals surface area contributed by atoms with Gasteiger partial charge in [0, 0.05) is 36.0 Å². The zero-order valence-corrected chi connectivity index (χ0v) is 12.8. The molecule has 0 aliphatic carbocycles. The third kappa shape index (κ3) is 2.18. The number of non-ortho nitro benzene ring substituents is 2. The summed E-state index contributed by atoms with van der Waals surface area (Å²) >= 11 is 1.33. The van der Waals surface area contributed by atoms with E-state index in [0.29, 0.717) is 16.2 Å². The van der Waals surface area contributed by atoms with Gasteiger partial charge in [0.1, 0.15) is 0 Å². The van der Waals surface area contributed by atoms with Crippen molar-refractivity contribution in [3.05, 3.63) is 68.9 Å². The van der Waals surface area contributed by atoms with Crippen molar-refractivity contribution in [3.8, 4) is 11.3 Å². The number of rotatable bonds is 3. The first-order valence-electron chi connectivity index (χ1n) is 6.84. The Hall–Kier alpha value is -3.33. The minimum absolute atomic E-state index is 0.00402. The van der Waals surface area contributed by atoms with E-state index in [1.807, 2.05) is 4.40 Å². The van der Waals surface area contributed by atoms with Crippen LogP contribution in [-0.2, 0) is 0 Å². The van der Waals surface area contributed by atoms with E-state index in [4.69, 9.17) is 0 Å². The average molecular weight is 340 g/mol. The van der Waals surface area contributed by atoms with Crippen LogP contribution in [0.2, 0.25) is 0 Å². The molecule has 0 aliphatic heterocycles. The highest BCUT2D eigenvalue weighted by Crippen LogP contribution is 2.32. The number of imidazole rings is 1. The summed E-state index contributed by atoms with van der Waals surface area (Å²) in [6.07, 6.45) is 1.78. The Morgan fingerprint density at radius 3 is 2.50 bits per heavy atom. The van der Waals surface area contributed by atoms with Gasteiger partial charge in [0.2, 0.25) is 0 Å². The summed E-state index contributed by atoms with van der Waals surface area (Å²) in [7, 11) is 0. The zero-order chi connectivity index (χ0) is 16.8. The molecule has 2 aromatic carbocycles. The van der Waals surface area contributed by atoms with E-state index < -0.39 is 9.85 Å². The highest BCUT2D eigenvalue weighted by atomic mass is 32.1. The van der Waals surface area contributed by atoms with Crippen molar-refractivity contribution in [2.24, 2.45) is 0 Å². The summed E-state index contributed by atoms with van der Waals surface area (Å²) < 4.78 is 2.59. The lowest BCUT2D eigenvalue weighted by molar-refractivity contribution is -0.384. The SMILES string of the molecule is O=[N+]([O-])c1cccc(-c2cn3c(n2)sc2cc([N+](=O)[O-])ccc23)c1. The quantitative estimate of drug-likeness (QED) is 0.413. The third-order valence-electron chi connectivity index (χ3n) is 3.64. The molecule has 24 heavy (non-hydrogen) atoms. The van der Waals surface area contributed by atoms with Crippen molar-refractivity contribution in [1.82, 2.24) is 9.38 Å². The molecule has 9 heteroatoms. The van der Waals surface area contributed by atoms with Crippen LogP contribution in [0, 0.1) is 20.2 Å². The highest BCUT2D eigenvalue weighted by molar-refractivity contribution is 7.23. The van der Waals surface area contributed by atoms with E-state index in [0.717, 1.165) is 10.2 Å². The van der Waals surface area contributed by atoms with Gasteiger partial charge >= 0.3 is 0 Å². The van der Waals surface area contributed by atoms with Crippen LogP contribution in [0.1, 0.15) is 0 Å². The second-order valence-corrected chi connectivity index (χ2v) is 6.11. The number of nitro benzene ring substituents is 2. The van der Waals surface area contributed by atoms with Crippen molar-refractivity contribution in [2.45, 2.75) is 0 Å². The number of aromatic nitrogens is 2. The van der Waals surface area contributed by atoms with Gasteiger partial charge in [-0.25, -0.2) is 4.98 Å². The molecule has 0 bridgehead atoms. The van der Waals surface area contributed by atoms with Gasteiger partial charge in [0.05, 0.1) is 25.8 Å². The molecule has 4 rings (SSSR count). The molecule has 118 valence electrons. The van der Waals surface area contributed by atoms with Gasteiger partial charge in [-0.15, -0.1) is 0 Å². The monoisotopic (exact) mass is 340 g/mol. The Morgan fingerprint density at radius 2 is 1.75 bits per heavy atom. The van der Waals surface area contributed by atoms with Crippen LogP contribution in [0.15, 0.2) is 48.7 Å². The van der Waals surface area contributed by atoms with E-state index in [9.17, 15) is 20.2 Å². The standard InChI is InChI=1S/C15H8N4O4S/c20-18(21)10-3-1-2-9(6-10)12-8-17-13-5-4-11(19(22)23)7-14(13)24-15(17)16-12/h1-8H. The van der Waals surface area contributed by atoms with Gasteiger partial charge < -0.3 is 0 Å². The van der Waals surface area contributed by atoms with Crippen LogP contribution in [-0.4, -0.2) is 19.2 Å². The van der Waals surface area contributed by atoms with Crippen LogP contribution in [0.5, 0.6) is 0 Å². The van der Waals surface area contributed by atoms with Gasteiger partial charge in [-0.05, 0) is 6.07 Å². The maximum atomic E-state index is 10.9. The number of thiazole rings is 1. The molecule has 0 amide bonds. The minimum atomic E-state index is -0.448. The van der Waals surface area contributed by atoms with Crippen molar-refractivity contribution in [3.63, 3.8) is 0 Å². The maximum absolute atomic E-state index is 10.9. The first-order chi connectivity index (χ1) is 11.5. The Balaban J connectivity index is 1.86. The van der Waals surface area contributed by atoms with E-state index in [-0.39, 0.29) is 11.4 Å². The average Bonchev–Trinajstić information content (AvgIpc) is 3.11. The second-order valence-electron chi connectivity index (χ2n) is 5.10. The lowest BCUT2D eigenvalue weighted by Crippen LogP contribution is -1.88. The topological polar surface area (TPSA) is 104 Å². The number of benzene rings is 2. The minimum Gasteiger partial charge on any atom is -0.290 e. The molecule has 0 aliphatic rings. The van der Waals surface area contributed by atoms with Gasteiger partial charge in [-0.1, -0.05) is 23.5 Å². The van der Waals surface area contributed by atoms with Crippen molar-refractivity contribution in [2.75, 3.05) is 0 Å². The summed E-state index contributed by atoms with van der Waals surface area (Å²) in [6.45, 7) is 0. The van der Waals surface area contributed by atoms with E-state index in [1.54, 1.807) is 24.4 Å². The molecule has 0 saturated heterocycles. The van der Waals surface area contributed by atoms with Crippen LogP contribution in [0.25, 0.3) is 26.4 Å². The summed E-state index contributed by atoms with van der Waals surface area (Å²) in [5, 5.41) is 21.8. The largest absolute Gasteiger partial charge is 0.290 e. The molecular weight excluding hydrogens is 332 g/mol. The summed E-state index contributed by atoms with van der Waals surface area (Å²) in [4.78, 5) is 26.0. The normalized spacial score (nSPS) is 11.2. The Bertz CT molecular complexity index is 1130. The van der Waals surface area contributed by atoms with E-state index in [1.165, 1.54) is 35.6 Å². The molecule has 0 unspecified atom stereocenters. The molecule has 0 N–H and O–H groups in total. The fourth-order valence-electron chi connectivity index (χ4n) is 2.52. The number of nitro groups is 2. The number of nitrogens with zero attached hydrogens (tertiary/aromatic N) is 4. The molecule has 0 spiro atoms. The highest BCUT2D eigenvalue weighted by Gasteiger charge is 2.15. The molecule has 2 aromatic heterocycles. The lowest BCUT2D eigenvalue weighted by Gasteiger charge is -1.96. The lowest BCUT2D eigenvalue weighted by atomic mass is 10.1. The maximum Gasteiger partial charge on any atom is 0.270 e. The molecular formula is C15H8N4O4S. The van der Waals surface area contributed by atoms with Crippen molar-refractivity contribution >= 4 is 37.9 Å². The fourth-order valence-corrected chi connectivity index (χ4v) is 3.56. The van der Waals surface area contributed by atoms with Gasteiger partial charge in [0.25, 0.3) is 11.4 Å². The van der Waals surface area contributed by atoms with Gasteiger partial charge in [0.15, 0.2) is 4.96 Å². The second kappa shape index (κ2) is 5.10.